The van der Waals surface area contributed by atoms with E-state index in [0.717, 1.165) is 36.3 Å². The molecule has 2 unspecified atom stereocenters. The van der Waals surface area contributed by atoms with Crippen molar-refractivity contribution in [3.63, 3.8) is 0 Å². The highest BCUT2D eigenvalue weighted by Gasteiger charge is 2.50. The average molecular weight is 437 g/mol. The van der Waals surface area contributed by atoms with Crippen LogP contribution >= 0.6 is 22.9 Å². The highest BCUT2D eigenvalue weighted by atomic mass is 35.5. The minimum atomic E-state index is -1.08. The maximum absolute atomic E-state index is 12.8. The summed E-state index contributed by atoms with van der Waals surface area (Å²) in [7, 11) is -1.08. The zero-order valence-corrected chi connectivity index (χ0v) is 17.8. The molecule has 2 aromatic heterocycles. The van der Waals surface area contributed by atoms with Gasteiger partial charge in [0.1, 0.15) is 16.4 Å². The average Bonchev–Trinajstić information content (AvgIpc) is 3.02. The molecule has 0 radical (unpaired) electrons. The molecule has 148 valence electrons. The Morgan fingerprint density at radius 1 is 1.46 bits per heavy atom. The second-order valence-corrected chi connectivity index (χ2v) is 10.3. The van der Waals surface area contributed by atoms with E-state index >= 15 is 0 Å². The summed E-state index contributed by atoms with van der Waals surface area (Å²) in [6.45, 7) is 2.01. The molecular weight excluding hydrogens is 416 g/mol. The molecule has 2 aromatic rings. The van der Waals surface area contributed by atoms with Crippen LogP contribution in [0.2, 0.25) is 5.02 Å². The highest BCUT2D eigenvalue weighted by molar-refractivity contribution is 7.87. The van der Waals surface area contributed by atoms with Gasteiger partial charge in [-0.15, -0.1) is 11.3 Å². The van der Waals surface area contributed by atoms with Crippen molar-refractivity contribution in [2.75, 3.05) is 11.1 Å². The normalized spacial score (nSPS) is 23.1. The van der Waals surface area contributed by atoms with Crippen LogP contribution in [0.1, 0.15) is 52.5 Å². The largest absolute Gasteiger partial charge is 0.386 e. The quantitative estimate of drug-likeness (QED) is 0.763. The van der Waals surface area contributed by atoms with Gasteiger partial charge in [0.05, 0.1) is 21.7 Å². The Kier molecular flexibility index (Phi) is 5.28. The van der Waals surface area contributed by atoms with Crippen LogP contribution in [0, 0.1) is 0 Å². The zero-order valence-electron chi connectivity index (χ0n) is 15.4. The molecule has 0 saturated heterocycles. The number of halogens is 1. The molecule has 28 heavy (non-hydrogen) atoms. The molecule has 1 saturated carbocycles. The van der Waals surface area contributed by atoms with E-state index in [2.05, 4.69) is 15.3 Å². The van der Waals surface area contributed by atoms with Gasteiger partial charge in [-0.25, -0.2) is 4.98 Å². The van der Waals surface area contributed by atoms with Crippen LogP contribution in [-0.2, 0) is 17.2 Å². The number of nitrogens with zero attached hydrogens (tertiary/aromatic N) is 2. The number of amidine groups is 1. The predicted molar refractivity (Wildman–Crippen MR) is 115 cm³/mol. The minimum Gasteiger partial charge on any atom is -0.386 e. The van der Waals surface area contributed by atoms with Crippen LogP contribution in [-0.4, -0.2) is 31.4 Å². The molecular formula is C19H21ClN4O2S2. The number of nitrogens with one attached hydrogen (secondary N) is 1. The first-order valence-corrected chi connectivity index (χ1v) is 11.7. The third-order valence-electron chi connectivity index (χ3n) is 5.32. The first-order chi connectivity index (χ1) is 13.4. The Morgan fingerprint density at radius 2 is 2.25 bits per heavy atom. The molecule has 6 nitrogen and oxygen atoms in total. The standard InChI is InChI=1S/C19H21ClN4O2S2/c1-2-11-5-3-6-15(22-11)24-17(25)14-9-12(20)16(27-14)13-10-28(26)19(7-4-8-19)18(21)23-13/h3,5-6,9,13H,2,4,7-8,10H2,1H3,(H2,21,23)(H,22,24,25). The van der Waals surface area contributed by atoms with Crippen molar-refractivity contribution in [1.29, 1.82) is 0 Å². The number of amides is 1. The van der Waals surface area contributed by atoms with Gasteiger partial charge in [-0.05, 0) is 43.9 Å². The van der Waals surface area contributed by atoms with E-state index < -0.39 is 15.5 Å². The van der Waals surface area contributed by atoms with Crippen molar-refractivity contribution in [2.24, 2.45) is 10.7 Å². The van der Waals surface area contributed by atoms with Gasteiger partial charge >= 0.3 is 0 Å². The first kappa shape index (κ1) is 19.5. The fraction of sp³-hybridized carbons (Fsp3) is 0.421. The SMILES string of the molecule is CCc1cccc(NC(=O)c2cc(Cl)c(C3CS(=O)C4(CCC4)C(N)=N3)s2)n1. The van der Waals surface area contributed by atoms with Crippen molar-refractivity contribution in [3.8, 4) is 0 Å². The summed E-state index contributed by atoms with van der Waals surface area (Å²) >= 11 is 7.66. The maximum Gasteiger partial charge on any atom is 0.266 e. The van der Waals surface area contributed by atoms with Gasteiger partial charge in [-0.3, -0.25) is 14.0 Å². The molecule has 1 aliphatic carbocycles. The molecule has 1 aliphatic heterocycles. The smallest absolute Gasteiger partial charge is 0.266 e. The Hall–Kier alpha value is -1.77. The fourth-order valence-electron chi connectivity index (χ4n) is 3.50. The van der Waals surface area contributed by atoms with Gasteiger partial charge in [0.2, 0.25) is 0 Å². The van der Waals surface area contributed by atoms with Crippen LogP contribution in [0.15, 0.2) is 29.3 Å². The summed E-state index contributed by atoms with van der Waals surface area (Å²) in [6, 6.07) is 6.78. The molecule has 3 N–H and O–H groups in total. The summed E-state index contributed by atoms with van der Waals surface area (Å²) in [4.78, 5) is 22.8. The van der Waals surface area contributed by atoms with Crippen LogP contribution in [0.3, 0.4) is 0 Å². The number of pyridine rings is 1. The van der Waals surface area contributed by atoms with Crippen molar-refractivity contribution in [2.45, 2.75) is 43.4 Å². The Bertz CT molecular complexity index is 984. The van der Waals surface area contributed by atoms with E-state index in [-0.39, 0.29) is 11.9 Å². The van der Waals surface area contributed by atoms with Crippen LogP contribution < -0.4 is 11.1 Å². The van der Waals surface area contributed by atoms with Gasteiger partial charge < -0.3 is 11.1 Å². The number of aryl methyl sites for hydroxylation is 1. The molecule has 0 aromatic carbocycles. The van der Waals surface area contributed by atoms with E-state index in [4.69, 9.17) is 17.3 Å². The van der Waals surface area contributed by atoms with Gasteiger partial charge in [-0.2, -0.15) is 0 Å². The van der Waals surface area contributed by atoms with Gasteiger partial charge in [0.15, 0.2) is 0 Å². The van der Waals surface area contributed by atoms with Gasteiger partial charge in [0, 0.05) is 21.4 Å². The lowest BCUT2D eigenvalue weighted by atomic mass is 9.83. The Labute approximate surface area is 175 Å². The summed E-state index contributed by atoms with van der Waals surface area (Å²) in [6.07, 6.45) is 3.48. The van der Waals surface area contributed by atoms with Crippen LogP contribution in [0.4, 0.5) is 5.82 Å². The van der Waals surface area contributed by atoms with E-state index in [1.54, 1.807) is 12.1 Å². The number of hydrogen-bond acceptors (Lipinski definition) is 6. The predicted octanol–water partition coefficient (Wildman–Crippen LogP) is 3.69. The number of carbonyl (C=O) groups is 1. The van der Waals surface area contributed by atoms with E-state index in [0.29, 0.717) is 27.3 Å². The lowest BCUT2D eigenvalue weighted by Gasteiger charge is -2.43. The number of carbonyl (C=O) groups excluding carboxylic acids is 1. The number of nitrogens with two attached hydrogens (primary N) is 1. The lowest BCUT2D eigenvalue weighted by molar-refractivity contribution is 0.103. The van der Waals surface area contributed by atoms with Crippen LogP contribution in [0.5, 0.6) is 0 Å². The Balaban J connectivity index is 1.55. The summed E-state index contributed by atoms with van der Waals surface area (Å²) < 4.78 is 12.3. The summed E-state index contributed by atoms with van der Waals surface area (Å²) in [5, 5.41) is 3.26. The maximum atomic E-state index is 12.8. The number of aromatic nitrogens is 1. The number of anilines is 1. The molecule has 3 heterocycles. The number of rotatable bonds is 4. The van der Waals surface area contributed by atoms with E-state index in [1.165, 1.54) is 11.3 Å². The van der Waals surface area contributed by atoms with E-state index in [9.17, 15) is 9.00 Å². The fourth-order valence-corrected chi connectivity index (χ4v) is 6.89. The third kappa shape index (κ3) is 3.38. The number of thiophene rings is 1. The minimum absolute atomic E-state index is 0.275. The number of aliphatic imine (C=N–C) groups is 1. The molecule has 2 aliphatic rings. The first-order valence-electron chi connectivity index (χ1n) is 9.21. The second-order valence-electron chi connectivity index (χ2n) is 7.03. The lowest BCUT2D eigenvalue weighted by Crippen LogP contribution is -2.56. The van der Waals surface area contributed by atoms with Crippen molar-refractivity contribution >= 4 is 51.3 Å². The molecule has 2 atom stereocenters. The summed E-state index contributed by atoms with van der Waals surface area (Å²) in [5.41, 5.74) is 7.08. The topological polar surface area (TPSA) is 97.4 Å². The van der Waals surface area contributed by atoms with Crippen LogP contribution in [0.25, 0.3) is 0 Å². The van der Waals surface area contributed by atoms with Crippen molar-refractivity contribution in [3.05, 3.63) is 44.7 Å². The molecule has 1 amide bonds. The van der Waals surface area contributed by atoms with E-state index in [1.807, 2.05) is 19.1 Å². The van der Waals surface area contributed by atoms with Crippen molar-refractivity contribution < 1.29 is 9.00 Å². The molecule has 0 bridgehead atoms. The van der Waals surface area contributed by atoms with Gasteiger partial charge in [-0.1, -0.05) is 24.6 Å². The summed E-state index contributed by atoms with van der Waals surface area (Å²) in [5.74, 6) is 1.08. The zero-order chi connectivity index (χ0) is 19.9. The third-order valence-corrected chi connectivity index (χ3v) is 9.09. The highest BCUT2D eigenvalue weighted by Crippen LogP contribution is 2.45. The van der Waals surface area contributed by atoms with Crippen molar-refractivity contribution in [1.82, 2.24) is 4.98 Å². The molecule has 1 fully saturated rings. The number of hydrogen-bond donors (Lipinski definition) is 2. The Morgan fingerprint density at radius 3 is 2.89 bits per heavy atom. The molecule has 1 spiro atoms. The molecule has 4 rings (SSSR count). The molecule has 9 heteroatoms. The monoisotopic (exact) mass is 436 g/mol. The van der Waals surface area contributed by atoms with Gasteiger partial charge in [0.25, 0.3) is 5.91 Å². The second kappa shape index (κ2) is 7.57.